The summed E-state index contributed by atoms with van der Waals surface area (Å²) in [5, 5.41) is 3.17. The summed E-state index contributed by atoms with van der Waals surface area (Å²) in [6, 6.07) is 37.8. The van der Waals surface area contributed by atoms with Gasteiger partial charge in [0.15, 0.2) is 0 Å². The van der Waals surface area contributed by atoms with Crippen molar-refractivity contribution in [2.24, 2.45) is 0 Å². The van der Waals surface area contributed by atoms with Gasteiger partial charge in [0, 0.05) is 31.3 Å². The molecule has 0 spiro atoms. The van der Waals surface area contributed by atoms with Gasteiger partial charge in [-0.05, 0) is 48.1 Å². The monoisotopic (exact) mass is 532 g/mol. The highest BCUT2D eigenvalue weighted by Crippen LogP contribution is 2.30. The summed E-state index contributed by atoms with van der Waals surface area (Å²) in [5.74, 6) is -0.276. The molecule has 0 bridgehead atoms. The SMILES string of the molecule is CC[C@H](C)NC(=O)[C@H](Cc1ccccc1)N(Cc1ccccc1C)C(=O)CC(c1ccccc1)c1ccccc1. The molecule has 2 atom stereocenters. The minimum absolute atomic E-state index is 0.0163. The normalized spacial score (nSPS) is 12.5. The Kier molecular flexibility index (Phi) is 10.3. The fourth-order valence-electron chi connectivity index (χ4n) is 5.06. The Morgan fingerprint density at radius 2 is 1.27 bits per heavy atom. The first-order chi connectivity index (χ1) is 19.5. The van der Waals surface area contributed by atoms with Crippen LogP contribution in [-0.4, -0.2) is 28.8 Å². The Morgan fingerprint density at radius 3 is 1.82 bits per heavy atom. The van der Waals surface area contributed by atoms with E-state index in [4.69, 9.17) is 0 Å². The highest BCUT2D eigenvalue weighted by molar-refractivity contribution is 5.88. The zero-order valence-corrected chi connectivity index (χ0v) is 23.8. The summed E-state index contributed by atoms with van der Waals surface area (Å²) in [4.78, 5) is 30.1. The molecule has 4 aromatic carbocycles. The Balaban J connectivity index is 1.75. The quantitative estimate of drug-likeness (QED) is 0.212. The lowest BCUT2D eigenvalue weighted by atomic mass is 9.87. The van der Waals surface area contributed by atoms with Crippen LogP contribution in [0.2, 0.25) is 0 Å². The summed E-state index contributed by atoms with van der Waals surface area (Å²) < 4.78 is 0. The van der Waals surface area contributed by atoms with Crippen LogP contribution in [0.4, 0.5) is 0 Å². The van der Waals surface area contributed by atoms with Crippen molar-refractivity contribution in [3.63, 3.8) is 0 Å². The average Bonchev–Trinajstić information content (AvgIpc) is 2.99. The average molecular weight is 533 g/mol. The molecule has 4 nitrogen and oxygen atoms in total. The van der Waals surface area contributed by atoms with Gasteiger partial charge in [0.25, 0.3) is 0 Å². The van der Waals surface area contributed by atoms with E-state index < -0.39 is 6.04 Å². The van der Waals surface area contributed by atoms with Crippen LogP contribution in [-0.2, 0) is 22.6 Å². The van der Waals surface area contributed by atoms with Crippen LogP contribution in [0.15, 0.2) is 115 Å². The standard InChI is InChI=1S/C36H40N2O2/c1-4-28(3)37-36(40)34(24-29-17-8-5-9-18-29)38(26-32-23-15-14-16-27(32)2)35(39)25-33(30-19-10-6-11-20-30)31-21-12-7-13-22-31/h5-23,28,33-34H,4,24-26H2,1-3H3,(H,37,40)/t28-,34-/m0/s1. The molecule has 0 saturated carbocycles. The van der Waals surface area contributed by atoms with Gasteiger partial charge in [-0.3, -0.25) is 9.59 Å². The van der Waals surface area contributed by atoms with Crippen molar-refractivity contribution < 1.29 is 9.59 Å². The number of benzene rings is 4. The van der Waals surface area contributed by atoms with Crippen LogP contribution in [0, 0.1) is 6.92 Å². The largest absolute Gasteiger partial charge is 0.352 e. The van der Waals surface area contributed by atoms with E-state index in [0.717, 1.165) is 34.2 Å². The Hall–Kier alpha value is -4.18. The van der Waals surface area contributed by atoms with E-state index in [2.05, 4.69) is 49.5 Å². The van der Waals surface area contributed by atoms with Crippen molar-refractivity contribution in [1.82, 2.24) is 10.2 Å². The number of nitrogens with one attached hydrogen (secondary N) is 1. The maximum Gasteiger partial charge on any atom is 0.243 e. The van der Waals surface area contributed by atoms with Crippen LogP contribution >= 0.6 is 0 Å². The minimum atomic E-state index is -0.643. The van der Waals surface area contributed by atoms with E-state index in [1.165, 1.54) is 0 Å². The van der Waals surface area contributed by atoms with Crippen molar-refractivity contribution in [2.75, 3.05) is 0 Å². The van der Waals surface area contributed by atoms with Crippen molar-refractivity contribution in [3.05, 3.63) is 143 Å². The highest BCUT2D eigenvalue weighted by Gasteiger charge is 2.33. The van der Waals surface area contributed by atoms with Crippen molar-refractivity contribution >= 4 is 11.8 Å². The summed E-state index contributed by atoms with van der Waals surface area (Å²) in [6.45, 7) is 6.48. The number of carbonyl (C=O) groups is 2. The third kappa shape index (κ3) is 7.69. The molecule has 4 aromatic rings. The first-order valence-electron chi connectivity index (χ1n) is 14.2. The smallest absolute Gasteiger partial charge is 0.243 e. The van der Waals surface area contributed by atoms with E-state index in [1.807, 2.05) is 96.8 Å². The molecular weight excluding hydrogens is 492 g/mol. The lowest BCUT2D eigenvalue weighted by Crippen LogP contribution is -2.52. The van der Waals surface area contributed by atoms with E-state index >= 15 is 0 Å². The fraction of sp³-hybridized carbons (Fsp3) is 0.278. The van der Waals surface area contributed by atoms with Crippen LogP contribution in [0.3, 0.4) is 0 Å². The summed E-state index contributed by atoms with van der Waals surface area (Å²) in [6.07, 6.45) is 1.53. The molecule has 4 rings (SSSR count). The van der Waals surface area contributed by atoms with E-state index in [-0.39, 0.29) is 30.2 Å². The van der Waals surface area contributed by atoms with Gasteiger partial charge < -0.3 is 10.2 Å². The van der Waals surface area contributed by atoms with E-state index in [9.17, 15) is 9.59 Å². The number of carbonyl (C=O) groups excluding carboxylic acids is 2. The predicted octanol–water partition coefficient (Wildman–Crippen LogP) is 7.07. The first-order valence-corrected chi connectivity index (χ1v) is 14.2. The topological polar surface area (TPSA) is 49.4 Å². The molecule has 0 saturated heterocycles. The third-order valence-corrected chi connectivity index (χ3v) is 7.66. The van der Waals surface area contributed by atoms with Gasteiger partial charge in [0.1, 0.15) is 6.04 Å². The zero-order chi connectivity index (χ0) is 28.3. The van der Waals surface area contributed by atoms with Crippen molar-refractivity contribution in [3.8, 4) is 0 Å². The molecule has 0 unspecified atom stereocenters. The predicted molar refractivity (Wildman–Crippen MR) is 163 cm³/mol. The van der Waals surface area contributed by atoms with Crippen LogP contribution in [0.1, 0.15) is 60.4 Å². The maximum absolute atomic E-state index is 14.5. The molecule has 2 amide bonds. The molecular formula is C36H40N2O2. The second-order valence-electron chi connectivity index (χ2n) is 10.5. The van der Waals surface area contributed by atoms with Gasteiger partial charge in [0.05, 0.1) is 0 Å². The van der Waals surface area contributed by atoms with Gasteiger partial charge in [-0.15, -0.1) is 0 Å². The number of rotatable bonds is 12. The molecule has 1 N–H and O–H groups in total. The lowest BCUT2D eigenvalue weighted by molar-refractivity contribution is -0.141. The maximum atomic E-state index is 14.5. The second-order valence-corrected chi connectivity index (χ2v) is 10.5. The highest BCUT2D eigenvalue weighted by atomic mass is 16.2. The third-order valence-electron chi connectivity index (χ3n) is 7.66. The number of nitrogens with zero attached hydrogens (tertiary/aromatic N) is 1. The van der Waals surface area contributed by atoms with Gasteiger partial charge in [-0.25, -0.2) is 0 Å². The van der Waals surface area contributed by atoms with Gasteiger partial charge in [-0.2, -0.15) is 0 Å². The first kappa shape index (κ1) is 28.8. The van der Waals surface area contributed by atoms with Gasteiger partial charge in [-0.1, -0.05) is 122 Å². The van der Waals surface area contributed by atoms with E-state index in [0.29, 0.717) is 13.0 Å². The minimum Gasteiger partial charge on any atom is -0.352 e. The number of amides is 2. The zero-order valence-electron chi connectivity index (χ0n) is 23.8. The molecule has 0 radical (unpaired) electrons. The molecule has 0 aliphatic carbocycles. The fourth-order valence-corrected chi connectivity index (χ4v) is 5.06. The summed E-state index contributed by atoms with van der Waals surface area (Å²) >= 11 is 0. The van der Waals surface area contributed by atoms with Crippen LogP contribution < -0.4 is 5.32 Å². The van der Waals surface area contributed by atoms with Gasteiger partial charge >= 0.3 is 0 Å². The molecule has 4 heteroatoms. The molecule has 40 heavy (non-hydrogen) atoms. The molecule has 0 aliphatic rings. The molecule has 0 heterocycles. The van der Waals surface area contributed by atoms with Gasteiger partial charge in [0.2, 0.25) is 11.8 Å². The molecule has 0 aliphatic heterocycles. The summed E-state index contributed by atoms with van der Waals surface area (Å²) in [7, 11) is 0. The van der Waals surface area contributed by atoms with E-state index in [1.54, 1.807) is 0 Å². The number of aryl methyl sites for hydroxylation is 1. The summed E-state index contributed by atoms with van der Waals surface area (Å²) in [5.41, 5.74) is 5.34. The molecule has 206 valence electrons. The van der Waals surface area contributed by atoms with Crippen LogP contribution in [0.5, 0.6) is 0 Å². The number of hydrogen-bond acceptors (Lipinski definition) is 2. The molecule has 0 aromatic heterocycles. The lowest BCUT2D eigenvalue weighted by Gasteiger charge is -2.34. The van der Waals surface area contributed by atoms with Crippen molar-refractivity contribution in [1.29, 1.82) is 0 Å². The van der Waals surface area contributed by atoms with Crippen LogP contribution in [0.25, 0.3) is 0 Å². The Labute approximate surface area is 239 Å². The Bertz CT molecular complexity index is 1320. The van der Waals surface area contributed by atoms with Crippen molar-refractivity contribution in [2.45, 2.75) is 64.6 Å². The molecule has 0 fully saturated rings. The second kappa shape index (κ2) is 14.3. The number of hydrogen-bond donors (Lipinski definition) is 1. The Morgan fingerprint density at radius 1 is 0.750 bits per heavy atom.